The van der Waals surface area contributed by atoms with Crippen molar-refractivity contribution in [1.82, 2.24) is 15.0 Å². The molecule has 2 N–H and O–H groups in total. The molecule has 1 aromatic rings. The first-order chi connectivity index (χ1) is 6.81. The summed E-state index contributed by atoms with van der Waals surface area (Å²) in [4.78, 5) is 10.2. The smallest absolute Gasteiger partial charge is 0.338 e. The number of aromatic nitrogens is 3. The fraction of sp³-hybridized carbons (Fsp3) is 0.400. The number of rotatable bonds is 3. The molecular formula is C5H6Cl2N4O3S. The van der Waals surface area contributed by atoms with Crippen LogP contribution in [0.1, 0.15) is 6.92 Å². The van der Waals surface area contributed by atoms with Crippen LogP contribution in [0.2, 0.25) is 10.6 Å². The molecule has 0 saturated carbocycles. The van der Waals surface area contributed by atoms with Crippen LogP contribution in [0.5, 0.6) is 6.01 Å². The molecule has 0 fully saturated rings. The van der Waals surface area contributed by atoms with E-state index >= 15 is 0 Å². The van der Waals surface area contributed by atoms with Crippen LogP contribution in [0.25, 0.3) is 0 Å². The van der Waals surface area contributed by atoms with Crippen molar-refractivity contribution in [1.29, 1.82) is 0 Å². The third kappa shape index (κ3) is 3.42. The summed E-state index contributed by atoms with van der Waals surface area (Å²) in [6, 6.07) is -0.516. The maximum atomic E-state index is 11.2. The van der Waals surface area contributed by atoms with Gasteiger partial charge in [-0.3, -0.25) is 0 Å². The number of hydrogen-bond donors (Lipinski definition) is 1. The van der Waals surface area contributed by atoms with E-state index in [0.717, 1.165) is 0 Å². The third-order valence-corrected chi connectivity index (χ3v) is 2.84. The predicted molar refractivity (Wildman–Crippen MR) is 53.0 cm³/mol. The Kier molecular flexibility index (Phi) is 3.66. The Balaban J connectivity index is 3.00. The summed E-state index contributed by atoms with van der Waals surface area (Å²) >= 11 is 10.8. The quantitative estimate of drug-likeness (QED) is 0.783. The standard InChI is InChI=1S/C5H6Cl2N4O3S/c1-2(8)15(12,13)14-5-10-3(6)9-4(7)11-5/h2H,8H2,1H3. The highest BCUT2D eigenvalue weighted by Crippen LogP contribution is 2.13. The topological polar surface area (TPSA) is 108 Å². The number of nitrogens with two attached hydrogens (primary N) is 1. The van der Waals surface area contributed by atoms with E-state index in [9.17, 15) is 8.42 Å². The van der Waals surface area contributed by atoms with E-state index in [1.54, 1.807) is 0 Å². The van der Waals surface area contributed by atoms with Crippen LogP contribution in [-0.4, -0.2) is 28.7 Å². The second-order valence-corrected chi connectivity index (χ2v) is 5.01. The van der Waals surface area contributed by atoms with Crippen LogP contribution >= 0.6 is 23.2 Å². The number of hydrogen-bond acceptors (Lipinski definition) is 7. The average molecular weight is 273 g/mol. The SMILES string of the molecule is CC(N)S(=O)(=O)Oc1nc(Cl)nc(Cl)n1. The zero-order valence-electron chi connectivity index (χ0n) is 7.39. The predicted octanol–water partition coefficient (Wildman–Crippen LogP) is 0.192. The van der Waals surface area contributed by atoms with Crippen LogP contribution in [0.3, 0.4) is 0 Å². The molecule has 1 rings (SSSR count). The van der Waals surface area contributed by atoms with Gasteiger partial charge in [-0.15, -0.1) is 0 Å². The normalized spacial score (nSPS) is 13.6. The molecule has 0 spiro atoms. The van der Waals surface area contributed by atoms with Gasteiger partial charge in [0.05, 0.1) is 0 Å². The molecule has 84 valence electrons. The van der Waals surface area contributed by atoms with Gasteiger partial charge in [-0.25, -0.2) is 0 Å². The van der Waals surface area contributed by atoms with Gasteiger partial charge in [-0.2, -0.15) is 23.4 Å². The molecule has 0 amide bonds. The van der Waals surface area contributed by atoms with Gasteiger partial charge in [-0.1, -0.05) is 0 Å². The van der Waals surface area contributed by atoms with Crippen molar-refractivity contribution >= 4 is 33.3 Å². The summed E-state index contributed by atoms with van der Waals surface area (Å²) in [5.41, 5.74) is 5.14. The fourth-order valence-corrected chi connectivity index (χ4v) is 1.31. The lowest BCUT2D eigenvalue weighted by molar-refractivity contribution is 0.453. The molecule has 0 aliphatic heterocycles. The summed E-state index contributed by atoms with van der Waals surface area (Å²) in [7, 11) is -3.98. The molecule has 0 aliphatic carbocycles. The van der Waals surface area contributed by atoms with E-state index in [4.69, 9.17) is 28.9 Å². The Morgan fingerprint density at radius 2 is 1.73 bits per heavy atom. The summed E-state index contributed by atoms with van der Waals surface area (Å²) in [5.74, 6) is 0. The zero-order valence-corrected chi connectivity index (χ0v) is 9.71. The molecule has 1 unspecified atom stereocenters. The Labute approximate surface area is 95.7 Å². The molecule has 7 nitrogen and oxygen atoms in total. The van der Waals surface area contributed by atoms with E-state index in [1.807, 2.05) is 0 Å². The van der Waals surface area contributed by atoms with Crippen LogP contribution < -0.4 is 9.92 Å². The molecule has 0 aliphatic rings. The summed E-state index contributed by atoms with van der Waals surface area (Å²) in [5, 5.41) is -1.76. The van der Waals surface area contributed by atoms with Gasteiger partial charge in [0.2, 0.25) is 10.6 Å². The first kappa shape index (κ1) is 12.4. The highest BCUT2D eigenvalue weighted by molar-refractivity contribution is 7.87. The van der Waals surface area contributed by atoms with Gasteiger partial charge in [0, 0.05) is 0 Å². The van der Waals surface area contributed by atoms with Crippen molar-refractivity contribution in [3.05, 3.63) is 10.6 Å². The first-order valence-corrected chi connectivity index (χ1v) is 5.80. The van der Waals surface area contributed by atoms with Gasteiger partial charge < -0.3 is 9.92 Å². The minimum absolute atomic E-state index is 0.273. The van der Waals surface area contributed by atoms with E-state index in [2.05, 4.69) is 19.1 Å². The lowest BCUT2D eigenvalue weighted by Gasteiger charge is -2.07. The lowest BCUT2D eigenvalue weighted by Crippen LogP contribution is -2.31. The van der Waals surface area contributed by atoms with E-state index < -0.39 is 21.5 Å². The minimum Gasteiger partial charge on any atom is -0.342 e. The van der Waals surface area contributed by atoms with E-state index in [1.165, 1.54) is 6.92 Å². The minimum atomic E-state index is -3.98. The Hall–Kier alpha value is -0.700. The van der Waals surface area contributed by atoms with Gasteiger partial charge in [-0.05, 0) is 30.1 Å². The Morgan fingerprint density at radius 1 is 1.27 bits per heavy atom. The van der Waals surface area contributed by atoms with Gasteiger partial charge >= 0.3 is 16.1 Å². The highest BCUT2D eigenvalue weighted by Gasteiger charge is 2.21. The number of halogens is 2. The first-order valence-electron chi connectivity index (χ1n) is 3.57. The van der Waals surface area contributed by atoms with Crippen molar-refractivity contribution in [2.24, 2.45) is 5.73 Å². The molecule has 0 saturated heterocycles. The Morgan fingerprint density at radius 3 is 2.13 bits per heavy atom. The molecule has 0 bridgehead atoms. The highest BCUT2D eigenvalue weighted by atomic mass is 35.5. The second-order valence-electron chi connectivity index (χ2n) is 2.44. The molecule has 1 aromatic heterocycles. The Bertz CT molecular complexity index is 443. The van der Waals surface area contributed by atoms with Crippen molar-refractivity contribution in [3.8, 4) is 6.01 Å². The van der Waals surface area contributed by atoms with Crippen molar-refractivity contribution in [3.63, 3.8) is 0 Å². The molecule has 1 heterocycles. The van der Waals surface area contributed by atoms with Gasteiger partial charge in [0.15, 0.2) is 0 Å². The van der Waals surface area contributed by atoms with Crippen LogP contribution in [0.4, 0.5) is 0 Å². The van der Waals surface area contributed by atoms with E-state index in [-0.39, 0.29) is 10.6 Å². The zero-order chi connectivity index (χ0) is 11.6. The average Bonchev–Trinajstić information content (AvgIpc) is 1.99. The maximum Gasteiger partial charge on any atom is 0.338 e. The second kappa shape index (κ2) is 4.44. The molecule has 15 heavy (non-hydrogen) atoms. The van der Waals surface area contributed by atoms with Gasteiger partial charge in [0.25, 0.3) is 0 Å². The van der Waals surface area contributed by atoms with Crippen molar-refractivity contribution in [2.45, 2.75) is 12.3 Å². The number of nitrogens with zero attached hydrogens (tertiary/aromatic N) is 3. The van der Waals surface area contributed by atoms with Crippen LogP contribution in [-0.2, 0) is 10.1 Å². The van der Waals surface area contributed by atoms with E-state index in [0.29, 0.717) is 0 Å². The molecule has 0 radical (unpaired) electrons. The van der Waals surface area contributed by atoms with Gasteiger partial charge in [0.1, 0.15) is 5.37 Å². The van der Waals surface area contributed by atoms with Crippen LogP contribution in [0.15, 0.2) is 0 Å². The lowest BCUT2D eigenvalue weighted by atomic mass is 10.8. The summed E-state index contributed by atoms with van der Waals surface area (Å²) < 4.78 is 26.8. The molecule has 1 atom stereocenters. The van der Waals surface area contributed by atoms with Crippen LogP contribution in [0, 0.1) is 0 Å². The maximum absolute atomic E-state index is 11.2. The largest absolute Gasteiger partial charge is 0.342 e. The van der Waals surface area contributed by atoms with Crippen molar-refractivity contribution in [2.75, 3.05) is 0 Å². The summed E-state index contributed by atoms with van der Waals surface area (Å²) in [6.45, 7) is 1.24. The fourth-order valence-electron chi connectivity index (χ4n) is 0.526. The molecule has 10 heteroatoms. The molecular weight excluding hydrogens is 267 g/mol. The molecule has 0 aromatic carbocycles. The van der Waals surface area contributed by atoms with Crippen molar-refractivity contribution < 1.29 is 12.6 Å². The third-order valence-electron chi connectivity index (χ3n) is 1.21. The summed E-state index contributed by atoms with van der Waals surface area (Å²) in [6.07, 6.45) is 0. The monoisotopic (exact) mass is 272 g/mol.